The number of carbonyl (C=O) groups excluding carboxylic acids is 1. The molecule has 2 rings (SSSR count). The molecule has 6 heteroatoms. The number of hydroxylamine groups is 1. The number of rotatable bonds is 7. The molecule has 0 saturated heterocycles. The van der Waals surface area contributed by atoms with Gasteiger partial charge in [-0.2, -0.15) is 0 Å². The molecule has 0 aliphatic carbocycles. The van der Waals surface area contributed by atoms with Crippen LogP contribution in [0.15, 0.2) is 48.5 Å². The van der Waals surface area contributed by atoms with E-state index in [2.05, 4.69) is 0 Å². The Labute approximate surface area is 133 Å². The first-order valence-corrected chi connectivity index (χ1v) is 7.05. The first-order valence-electron chi connectivity index (χ1n) is 7.05. The number of aromatic carboxylic acids is 1. The summed E-state index contributed by atoms with van der Waals surface area (Å²) in [5.41, 5.74) is 3.48. The molecule has 3 N–H and O–H groups in total. The fourth-order valence-electron chi connectivity index (χ4n) is 2.07. The molecule has 0 aromatic heterocycles. The highest BCUT2D eigenvalue weighted by Gasteiger charge is 2.05. The molecule has 0 aliphatic rings. The highest BCUT2D eigenvalue weighted by Crippen LogP contribution is 2.17. The van der Waals surface area contributed by atoms with Crippen LogP contribution in [-0.4, -0.2) is 22.2 Å². The quantitative estimate of drug-likeness (QED) is 0.538. The summed E-state index contributed by atoms with van der Waals surface area (Å²) < 4.78 is 5.66. The molecule has 1 amide bonds. The minimum absolute atomic E-state index is 0.181. The molecule has 0 unspecified atom stereocenters. The predicted molar refractivity (Wildman–Crippen MR) is 82.4 cm³/mol. The van der Waals surface area contributed by atoms with Gasteiger partial charge in [0.05, 0.1) is 5.56 Å². The highest BCUT2D eigenvalue weighted by atomic mass is 16.5. The van der Waals surface area contributed by atoms with Crippen molar-refractivity contribution in [3.8, 4) is 5.75 Å². The van der Waals surface area contributed by atoms with Crippen molar-refractivity contribution in [2.24, 2.45) is 0 Å². The van der Waals surface area contributed by atoms with E-state index in [0.29, 0.717) is 12.2 Å². The van der Waals surface area contributed by atoms with Gasteiger partial charge in [0.25, 0.3) is 0 Å². The van der Waals surface area contributed by atoms with Gasteiger partial charge in [0, 0.05) is 6.42 Å². The number of hydrogen-bond donors (Lipinski definition) is 3. The summed E-state index contributed by atoms with van der Waals surface area (Å²) in [4.78, 5) is 22.0. The van der Waals surface area contributed by atoms with Crippen LogP contribution in [-0.2, 0) is 17.8 Å². The van der Waals surface area contributed by atoms with Crippen molar-refractivity contribution in [2.45, 2.75) is 19.4 Å². The highest BCUT2D eigenvalue weighted by molar-refractivity contribution is 5.87. The lowest BCUT2D eigenvalue weighted by atomic mass is 10.1. The minimum Gasteiger partial charge on any atom is -0.489 e. The van der Waals surface area contributed by atoms with Crippen molar-refractivity contribution >= 4 is 11.9 Å². The Hall–Kier alpha value is -2.86. The Bertz CT molecular complexity index is 699. The summed E-state index contributed by atoms with van der Waals surface area (Å²) in [5.74, 6) is -0.787. The normalized spacial score (nSPS) is 10.1. The number of carbonyl (C=O) groups is 2. The monoisotopic (exact) mass is 315 g/mol. The van der Waals surface area contributed by atoms with Gasteiger partial charge in [-0.15, -0.1) is 0 Å². The molecule has 2 aromatic rings. The molecule has 0 saturated carbocycles. The summed E-state index contributed by atoms with van der Waals surface area (Å²) in [6, 6.07) is 13.8. The second kappa shape index (κ2) is 7.95. The predicted octanol–water partition coefficient (Wildman–Crippen LogP) is 2.40. The maximum atomic E-state index is 11.0. The molecule has 0 spiro atoms. The zero-order valence-corrected chi connectivity index (χ0v) is 12.4. The molecule has 0 radical (unpaired) electrons. The smallest absolute Gasteiger partial charge is 0.335 e. The standard InChI is InChI=1S/C17H17NO5/c19-16(18-22)8-7-12-3-2-6-15(10-12)23-11-13-4-1-5-14(9-13)17(20)21/h1-6,9-10,22H,7-8,11H2,(H,18,19)(H,20,21). The molecular weight excluding hydrogens is 298 g/mol. The lowest BCUT2D eigenvalue weighted by Crippen LogP contribution is -2.18. The van der Waals surface area contributed by atoms with Gasteiger partial charge >= 0.3 is 5.97 Å². The van der Waals surface area contributed by atoms with Crippen LogP contribution in [0.2, 0.25) is 0 Å². The van der Waals surface area contributed by atoms with Crippen LogP contribution >= 0.6 is 0 Å². The molecule has 23 heavy (non-hydrogen) atoms. The van der Waals surface area contributed by atoms with Crippen LogP contribution in [0.5, 0.6) is 5.75 Å². The molecule has 6 nitrogen and oxygen atoms in total. The zero-order valence-electron chi connectivity index (χ0n) is 12.4. The molecular formula is C17H17NO5. The van der Waals surface area contributed by atoms with E-state index in [4.69, 9.17) is 15.1 Å². The Morgan fingerprint density at radius 3 is 2.52 bits per heavy atom. The summed E-state index contributed by atoms with van der Waals surface area (Å²) in [6.07, 6.45) is 0.665. The SMILES string of the molecule is O=C(CCc1cccc(OCc2cccc(C(=O)O)c2)c1)NO. The molecule has 2 aromatic carbocycles. The Morgan fingerprint density at radius 1 is 1.04 bits per heavy atom. The topological polar surface area (TPSA) is 95.9 Å². The molecule has 0 bridgehead atoms. The van der Waals surface area contributed by atoms with Crippen LogP contribution in [0, 0.1) is 0 Å². The summed E-state index contributed by atoms with van der Waals surface area (Å²) in [5, 5.41) is 17.4. The van der Waals surface area contributed by atoms with Crippen LogP contribution in [0.1, 0.15) is 27.9 Å². The third kappa shape index (κ3) is 5.12. The largest absolute Gasteiger partial charge is 0.489 e. The second-order valence-electron chi connectivity index (χ2n) is 4.98. The maximum Gasteiger partial charge on any atom is 0.335 e. The first-order chi connectivity index (χ1) is 11.1. The zero-order chi connectivity index (χ0) is 16.7. The van der Waals surface area contributed by atoms with Gasteiger partial charge in [-0.25, -0.2) is 10.3 Å². The molecule has 0 fully saturated rings. The van der Waals surface area contributed by atoms with E-state index in [9.17, 15) is 9.59 Å². The van der Waals surface area contributed by atoms with E-state index in [-0.39, 0.29) is 18.6 Å². The van der Waals surface area contributed by atoms with Gasteiger partial charge in [0.2, 0.25) is 5.91 Å². The number of carboxylic acids is 1. The Kier molecular flexibility index (Phi) is 5.71. The summed E-state index contributed by atoms with van der Waals surface area (Å²) >= 11 is 0. The summed E-state index contributed by atoms with van der Waals surface area (Å²) in [7, 11) is 0. The lowest BCUT2D eigenvalue weighted by Gasteiger charge is -2.08. The van der Waals surface area contributed by atoms with Gasteiger partial charge in [0.1, 0.15) is 12.4 Å². The fraction of sp³-hybridized carbons (Fsp3) is 0.176. The number of nitrogens with one attached hydrogen (secondary N) is 1. The fourth-order valence-corrected chi connectivity index (χ4v) is 2.07. The van der Waals surface area contributed by atoms with E-state index in [1.807, 2.05) is 18.2 Å². The van der Waals surface area contributed by atoms with Crippen molar-refractivity contribution in [3.05, 3.63) is 65.2 Å². The van der Waals surface area contributed by atoms with Crippen molar-refractivity contribution in [3.63, 3.8) is 0 Å². The number of ether oxygens (including phenoxy) is 1. The van der Waals surface area contributed by atoms with Crippen LogP contribution in [0.25, 0.3) is 0 Å². The summed E-state index contributed by atoms with van der Waals surface area (Å²) in [6.45, 7) is 0.252. The average molecular weight is 315 g/mol. The molecule has 120 valence electrons. The third-order valence-corrected chi connectivity index (χ3v) is 3.24. The number of hydrogen-bond acceptors (Lipinski definition) is 4. The van der Waals surface area contributed by atoms with Gasteiger partial charge in [-0.1, -0.05) is 24.3 Å². The van der Waals surface area contributed by atoms with E-state index < -0.39 is 11.9 Å². The minimum atomic E-state index is -0.976. The third-order valence-electron chi connectivity index (χ3n) is 3.24. The Morgan fingerprint density at radius 2 is 1.78 bits per heavy atom. The van der Waals surface area contributed by atoms with Gasteiger partial charge in [-0.05, 0) is 41.8 Å². The number of benzene rings is 2. The van der Waals surface area contributed by atoms with Crippen LogP contribution in [0.3, 0.4) is 0 Å². The van der Waals surface area contributed by atoms with Gasteiger partial charge in [0.15, 0.2) is 0 Å². The molecule has 0 heterocycles. The number of amides is 1. The van der Waals surface area contributed by atoms with E-state index in [0.717, 1.165) is 11.1 Å². The second-order valence-corrected chi connectivity index (χ2v) is 4.98. The average Bonchev–Trinajstić information content (AvgIpc) is 2.58. The van der Waals surface area contributed by atoms with E-state index in [1.165, 1.54) is 6.07 Å². The maximum absolute atomic E-state index is 11.0. The van der Waals surface area contributed by atoms with E-state index >= 15 is 0 Å². The van der Waals surface area contributed by atoms with Crippen molar-refractivity contribution < 1.29 is 24.6 Å². The lowest BCUT2D eigenvalue weighted by molar-refractivity contribution is -0.129. The van der Waals surface area contributed by atoms with Crippen molar-refractivity contribution in [2.75, 3.05) is 0 Å². The van der Waals surface area contributed by atoms with Crippen LogP contribution in [0.4, 0.5) is 0 Å². The first kappa shape index (κ1) is 16.5. The van der Waals surface area contributed by atoms with Gasteiger partial charge in [-0.3, -0.25) is 10.0 Å². The number of aryl methyl sites for hydroxylation is 1. The van der Waals surface area contributed by atoms with Crippen molar-refractivity contribution in [1.82, 2.24) is 5.48 Å². The van der Waals surface area contributed by atoms with Crippen LogP contribution < -0.4 is 10.2 Å². The van der Waals surface area contributed by atoms with Gasteiger partial charge < -0.3 is 9.84 Å². The van der Waals surface area contributed by atoms with Crippen molar-refractivity contribution in [1.29, 1.82) is 0 Å². The molecule has 0 atom stereocenters. The molecule has 0 aliphatic heterocycles. The number of carboxylic acid groups (broad SMARTS) is 1. The Balaban J connectivity index is 1.96. The van der Waals surface area contributed by atoms with E-state index in [1.54, 1.807) is 29.7 Å².